The van der Waals surface area contributed by atoms with Crippen LogP contribution < -0.4 is 0 Å². The Morgan fingerprint density at radius 2 is 0.586 bits per heavy atom. The summed E-state index contributed by atoms with van der Waals surface area (Å²) in [5.74, 6) is 0. The third kappa shape index (κ3) is 5.12. The van der Waals surface area contributed by atoms with E-state index in [-0.39, 0.29) is 5.41 Å². The quantitative estimate of drug-likeness (QED) is 0.167. The van der Waals surface area contributed by atoms with Crippen LogP contribution in [0, 0.1) is 27.7 Å². The predicted octanol–water partition coefficient (Wildman–Crippen LogP) is 14.5. The average Bonchev–Trinajstić information content (AvgIpc) is 3.85. The third-order valence-electron chi connectivity index (χ3n) is 12.7. The summed E-state index contributed by atoms with van der Waals surface area (Å²) < 4.78 is 7.36. The molecular weight excluding hydrogens is 703 g/mol. The Labute approximate surface area is 339 Å². The number of fused-ring (bicyclic) bond motifs is 9. The Balaban J connectivity index is 1.17. The average molecular weight is 748 g/mol. The van der Waals surface area contributed by atoms with Crippen LogP contribution in [-0.4, -0.2) is 13.7 Å². The molecular formula is C55H45N3. The molecule has 3 aromatic heterocycles. The lowest BCUT2D eigenvalue weighted by molar-refractivity contribution is 0.641. The van der Waals surface area contributed by atoms with Crippen LogP contribution in [0.2, 0.25) is 0 Å². The zero-order valence-corrected chi connectivity index (χ0v) is 33.9. The summed E-state index contributed by atoms with van der Waals surface area (Å²) in [5, 5.41) is 7.62. The molecule has 0 aliphatic heterocycles. The molecule has 3 nitrogen and oxygen atoms in total. The molecule has 0 N–H and O–H groups in total. The van der Waals surface area contributed by atoms with E-state index in [1.807, 2.05) is 0 Å². The molecule has 0 aliphatic rings. The second kappa shape index (κ2) is 12.6. The van der Waals surface area contributed by atoms with E-state index in [0.717, 1.165) is 17.1 Å². The lowest BCUT2D eigenvalue weighted by atomic mass is 9.78. The summed E-state index contributed by atoms with van der Waals surface area (Å²) in [6.45, 7) is 13.4. The van der Waals surface area contributed by atoms with Gasteiger partial charge in [0.2, 0.25) is 0 Å². The lowest BCUT2D eigenvalue weighted by Crippen LogP contribution is -2.18. The van der Waals surface area contributed by atoms with E-state index in [1.54, 1.807) is 0 Å². The molecule has 0 aliphatic carbocycles. The minimum atomic E-state index is -0.122. The molecule has 58 heavy (non-hydrogen) atoms. The molecule has 11 aromatic rings. The first kappa shape index (κ1) is 34.4. The van der Waals surface area contributed by atoms with Crippen LogP contribution in [0.5, 0.6) is 0 Å². The van der Waals surface area contributed by atoms with Crippen molar-refractivity contribution in [3.8, 4) is 17.1 Å². The molecule has 0 saturated carbocycles. The van der Waals surface area contributed by atoms with Crippen molar-refractivity contribution < 1.29 is 0 Å². The molecule has 3 heteroatoms. The Morgan fingerprint density at radius 1 is 0.293 bits per heavy atom. The van der Waals surface area contributed by atoms with Crippen LogP contribution in [0.25, 0.3) is 82.5 Å². The van der Waals surface area contributed by atoms with Crippen LogP contribution >= 0.6 is 0 Å². The van der Waals surface area contributed by atoms with Crippen LogP contribution in [0.15, 0.2) is 164 Å². The fourth-order valence-corrected chi connectivity index (χ4v) is 9.66. The molecule has 11 rings (SSSR count). The summed E-state index contributed by atoms with van der Waals surface area (Å²) in [6.07, 6.45) is 0. The van der Waals surface area contributed by atoms with Gasteiger partial charge in [0.25, 0.3) is 0 Å². The van der Waals surface area contributed by atoms with Crippen molar-refractivity contribution in [1.29, 1.82) is 0 Å². The zero-order chi connectivity index (χ0) is 39.4. The van der Waals surface area contributed by atoms with Crippen molar-refractivity contribution in [2.45, 2.75) is 47.0 Å². The second-order valence-electron chi connectivity index (χ2n) is 17.0. The van der Waals surface area contributed by atoms with E-state index in [2.05, 4.69) is 219 Å². The van der Waals surface area contributed by atoms with Crippen LogP contribution in [0.4, 0.5) is 0 Å². The van der Waals surface area contributed by atoms with E-state index in [1.165, 1.54) is 98.8 Å². The number of hydrogen-bond acceptors (Lipinski definition) is 0. The number of hydrogen-bond donors (Lipinski definition) is 0. The van der Waals surface area contributed by atoms with Crippen molar-refractivity contribution >= 4 is 65.4 Å². The van der Waals surface area contributed by atoms with Gasteiger partial charge in [0.05, 0.1) is 33.1 Å². The third-order valence-corrected chi connectivity index (χ3v) is 12.7. The van der Waals surface area contributed by atoms with Crippen molar-refractivity contribution in [2.24, 2.45) is 0 Å². The van der Waals surface area contributed by atoms with Gasteiger partial charge in [-0.15, -0.1) is 0 Å². The van der Waals surface area contributed by atoms with E-state index in [0.29, 0.717) is 0 Å². The van der Waals surface area contributed by atoms with Gasteiger partial charge in [0, 0.05) is 54.8 Å². The standard InChI is InChI=1S/C55H45N3/c1-34-12-22-49-43(28-34)44-29-35(2)13-23-50(44)57(49)41-20-26-53-47(32-41)48-33-42(58-51-24-14-36(3)30-45(51)46-31-37(4)15-25-52(46)58)21-27-54(48)56(53)40-18-16-39(17-19-40)55(5,6)38-10-8-7-9-11-38/h7-33H,1-6H3. The van der Waals surface area contributed by atoms with Gasteiger partial charge in [-0.2, -0.15) is 0 Å². The molecule has 3 heterocycles. The predicted molar refractivity (Wildman–Crippen MR) is 247 cm³/mol. The van der Waals surface area contributed by atoms with Gasteiger partial charge < -0.3 is 13.7 Å². The van der Waals surface area contributed by atoms with Crippen molar-refractivity contribution in [3.05, 3.63) is 197 Å². The monoisotopic (exact) mass is 747 g/mol. The van der Waals surface area contributed by atoms with Gasteiger partial charge in [0.15, 0.2) is 0 Å². The Hall–Kier alpha value is -6.84. The molecule has 0 unspecified atom stereocenters. The first-order valence-electron chi connectivity index (χ1n) is 20.4. The highest BCUT2D eigenvalue weighted by atomic mass is 15.0. The summed E-state index contributed by atoms with van der Waals surface area (Å²) in [4.78, 5) is 0. The second-order valence-corrected chi connectivity index (χ2v) is 17.0. The first-order valence-corrected chi connectivity index (χ1v) is 20.4. The molecule has 0 radical (unpaired) electrons. The highest BCUT2D eigenvalue weighted by molar-refractivity contribution is 6.14. The van der Waals surface area contributed by atoms with E-state index >= 15 is 0 Å². The van der Waals surface area contributed by atoms with E-state index < -0.39 is 0 Å². The SMILES string of the molecule is Cc1ccc2c(c1)c1cc(C)ccc1n2-c1ccc2c(c1)c1cc(-n3c4ccc(C)cc4c4cc(C)ccc43)ccc1n2-c1ccc(C(C)(C)c2ccccc2)cc1. The maximum atomic E-state index is 2.45. The zero-order valence-electron chi connectivity index (χ0n) is 33.9. The molecule has 0 atom stereocenters. The Kier molecular flexibility index (Phi) is 7.46. The fourth-order valence-electron chi connectivity index (χ4n) is 9.66. The molecule has 0 amide bonds. The highest BCUT2D eigenvalue weighted by Gasteiger charge is 2.24. The van der Waals surface area contributed by atoms with Gasteiger partial charge in [-0.05, 0) is 136 Å². The van der Waals surface area contributed by atoms with E-state index in [4.69, 9.17) is 0 Å². The van der Waals surface area contributed by atoms with Gasteiger partial charge in [-0.3, -0.25) is 0 Å². The van der Waals surface area contributed by atoms with Crippen molar-refractivity contribution in [3.63, 3.8) is 0 Å². The van der Waals surface area contributed by atoms with Crippen molar-refractivity contribution in [1.82, 2.24) is 13.7 Å². The smallest absolute Gasteiger partial charge is 0.0542 e. The number of aromatic nitrogens is 3. The van der Waals surface area contributed by atoms with Gasteiger partial charge in [0.1, 0.15) is 0 Å². The van der Waals surface area contributed by atoms with Crippen molar-refractivity contribution in [2.75, 3.05) is 0 Å². The normalized spacial score (nSPS) is 12.3. The maximum Gasteiger partial charge on any atom is 0.0542 e. The van der Waals surface area contributed by atoms with E-state index in [9.17, 15) is 0 Å². The number of rotatable bonds is 5. The Bertz CT molecular complexity index is 3140. The van der Waals surface area contributed by atoms with Gasteiger partial charge in [-0.25, -0.2) is 0 Å². The number of benzene rings is 8. The molecule has 0 saturated heterocycles. The van der Waals surface area contributed by atoms with Crippen LogP contribution in [0.3, 0.4) is 0 Å². The molecule has 0 fully saturated rings. The summed E-state index contributed by atoms with van der Waals surface area (Å²) in [5.41, 5.74) is 18.3. The molecule has 8 aromatic carbocycles. The minimum Gasteiger partial charge on any atom is -0.309 e. The maximum absolute atomic E-state index is 2.45. The highest BCUT2D eigenvalue weighted by Crippen LogP contribution is 2.41. The fraction of sp³-hybridized carbons (Fsp3) is 0.127. The largest absolute Gasteiger partial charge is 0.309 e. The molecule has 0 spiro atoms. The summed E-state index contributed by atoms with van der Waals surface area (Å²) >= 11 is 0. The van der Waals surface area contributed by atoms with Crippen LogP contribution in [0.1, 0.15) is 47.2 Å². The molecule has 280 valence electrons. The Morgan fingerprint density at radius 3 is 0.966 bits per heavy atom. The summed E-state index contributed by atoms with van der Waals surface area (Å²) in [6, 6.07) is 61.6. The lowest BCUT2D eigenvalue weighted by Gasteiger charge is -2.26. The number of aryl methyl sites for hydroxylation is 4. The van der Waals surface area contributed by atoms with Gasteiger partial charge >= 0.3 is 0 Å². The first-order chi connectivity index (χ1) is 28.1. The summed E-state index contributed by atoms with van der Waals surface area (Å²) in [7, 11) is 0. The number of nitrogens with zero attached hydrogens (tertiary/aromatic N) is 3. The topological polar surface area (TPSA) is 14.8 Å². The minimum absolute atomic E-state index is 0.122. The van der Waals surface area contributed by atoms with Crippen LogP contribution in [-0.2, 0) is 5.41 Å². The van der Waals surface area contributed by atoms with Gasteiger partial charge in [-0.1, -0.05) is 103 Å². The molecule has 0 bridgehead atoms.